The fraction of sp³-hybridized carbons (Fsp3) is 0.133. The summed E-state index contributed by atoms with van der Waals surface area (Å²) < 4.78 is 18.5. The molecule has 0 radical (unpaired) electrons. The average Bonchev–Trinajstić information content (AvgIpc) is 2.41. The van der Waals surface area contributed by atoms with Gasteiger partial charge in [0, 0.05) is 11.3 Å². The molecule has 104 valence electrons. The lowest BCUT2D eigenvalue weighted by Crippen LogP contribution is -2.09. The number of nitrogen functional groups attached to an aromatic ring is 1. The third-order valence-corrected chi connectivity index (χ3v) is 3.31. The van der Waals surface area contributed by atoms with Crippen molar-refractivity contribution < 1.29 is 13.9 Å². The van der Waals surface area contributed by atoms with Crippen LogP contribution in [0.2, 0.25) is 5.02 Å². The second kappa shape index (κ2) is 5.51. The number of methoxy groups -OCH3 is 1. The number of carbonyl (C=O) groups excluding carboxylic acids is 1. The van der Waals surface area contributed by atoms with E-state index in [1.165, 1.54) is 13.2 Å². The van der Waals surface area contributed by atoms with Crippen LogP contribution in [-0.4, -0.2) is 12.9 Å². The molecule has 0 aliphatic rings. The number of halogens is 2. The van der Waals surface area contributed by atoms with Crippen LogP contribution in [0.25, 0.3) is 0 Å². The summed E-state index contributed by atoms with van der Waals surface area (Å²) in [5.74, 6) is -0.499. The largest absolute Gasteiger partial charge is 0.496 e. The van der Waals surface area contributed by atoms with Crippen molar-refractivity contribution in [2.24, 2.45) is 0 Å². The first-order valence-corrected chi connectivity index (χ1v) is 6.26. The van der Waals surface area contributed by atoms with E-state index in [1.807, 2.05) is 0 Å². The van der Waals surface area contributed by atoms with E-state index in [2.05, 4.69) is 0 Å². The van der Waals surface area contributed by atoms with Crippen LogP contribution in [0, 0.1) is 12.7 Å². The summed E-state index contributed by atoms with van der Waals surface area (Å²) in [5.41, 5.74) is 6.88. The van der Waals surface area contributed by atoms with Gasteiger partial charge in [0.1, 0.15) is 11.6 Å². The Kier molecular flexibility index (Phi) is 3.95. The van der Waals surface area contributed by atoms with Crippen molar-refractivity contribution in [3.63, 3.8) is 0 Å². The minimum atomic E-state index is -0.459. The fourth-order valence-electron chi connectivity index (χ4n) is 1.93. The van der Waals surface area contributed by atoms with Crippen LogP contribution in [0.5, 0.6) is 5.75 Å². The van der Waals surface area contributed by atoms with E-state index in [-0.39, 0.29) is 21.8 Å². The number of carbonyl (C=O) groups is 1. The second-order valence-corrected chi connectivity index (χ2v) is 4.74. The molecular weight excluding hydrogens is 281 g/mol. The van der Waals surface area contributed by atoms with Crippen LogP contribution >= 0.6 is 11.6 Å². The van der Waals surface area contributed by atoms with Crippen LogP contribution in [0.15, 0.2) is 30.3 Å². The number of hydrogen-bond donors (Lipinski definition) is 1. The Bertz CT molecular complexity index is 686. The second-order valence-electron chi connectivity index (χ2n) is 4.33. The van der Waals surface area contributed by atoms with E-state index < -0.39 is 11.6 Å². The lowest BCUT2D eigenvalue weighted by molar-refractivity contribution is 0.103. The normalized spacial score (nSPS) is 10.4. The van der Waals surface area contributed by atoms with Crippen LogP contribution in [-0.2, 0) is 0 Å². The van der Waals surface area contributed by atoms with Gasteiger partial charge in [-0.2, -0.15) is 0 Å². The summed E-state index contributed by atoms with van der Waals surface area (Å²) in [6.45, 7) is 1.56. The average molecular weight is 294 g/mol. The van der Waals surface area contributed by atoms with E-state index in [4.69, 9.17) is 22.1 Å². The van der Waals surface area contributed by atoms with Crippen LogP contribution < -0.4 is 10.5 Å². The standard InChI is InChI=1S/C15H13ClFNO2/c1-8-6-9(10(16)7-11(8)17)15(19)14-12(18)4-3-5-13(14)20-2/h3-7H,18H2,1-2H3. The van der Waals surface area contributed by atoms with Crippen molar-refractivity contribution in [2.45, 2.75) is 6.92 Å². The van der Waals surface area contributed by atoms with Gasteiger partial charge in [-0.25, -0.2) is 4.39 Å². The summed E-state index contributed by atoms with van der Waals surface area (Å²) in [5, 5.41) is 0.0448. The number of nitrogens with two attached hydrogens (primary N) is 1. The molecule has 2 aromatic carbocycles. The highest BCUT2D eigenvalue weighted by Crippen LogP contribution is 2.30. The number of ether oxygens (including phenoxy) is 1. The Labute approximate surface area is 121 Å². The van der Waals surface area contributed by atoms with Crippen LogP contribution in [0.1, 0.15) is 21.5 Å². The highest BCUT2D eigenvalue weighted by Gasteiger charge is 2.21. The van der Waals surface area contributed by atoms with E-state index >= 15 is 0 Å². The van der Waals surface area contributed by atoms with Crippen LogP contribution in [0.4, 0.5) is 10.1 Å². The molecule has 2 N–H and O–H groups in total. The van der Waals surface area contributed by atoms with Gasteiger partial charge in [-0.1, -0.05) is 17.7 Å². The maximum absolute atomic E-state index is 13.4. The summed E-state index contributed by atoms with van der Waals surface area (Å²) in [6.07, 6.45) is 0. The van der Waals surface area contributed by atoms with Gasteiger partial charge in [0.05, 0.1) is 17.7 Å². The van der Waals surface area contributed by atoms with Gasteiger partial charge in [0.2, 0.25) is 0 Å². The SMILES string of the molecule is COc1cccc(N)c1C(=O)c1cc(C)c(F)cc1Cl. The molecule has 3 nitrogen and oxygen atoms in total. The number of hydrogen-bond acceptors (Lipinski definition) is 3. The molecule has 0 aliphatic carbocycles. The van der Waals surface area contributed by atoms with E-state index in [1.54, 1.807) is 25.1 Å². The Morgan fingerprint density at radius 2 is 2.05 bits per heavy atom. The molecule has 0 saturated heterocycles. The third-order valence-electron chi connectivity index (χ3n) is 3.00. The molecule has 0 heterocycles. The van der Waals surface area contributed by atoms with Gasteiger partial charge < -0.3 is 10.5 Å². The first kappa shape index (κ1) is 14.3. The smallest absolute Gasteiger partial charge is 0.200 e. The van der Waals surface area contributed by atoms with Gasteiger partial charge in [-0.05, 0) is 36.8 Å². The molecule has 0 atom stereocenters. The van der Waals surface area contributed by atoms with E-state index in [0.29, 0.717) is 11.3 Å². The minimum Gasteiger partial charge on any atom is -0.496 e. The van der Waals surface area contributed by atoms with Crippen molar-refractivity contribution in [3.8, 4) is 5.75 Å². The maximum Gasteiger partial charge on any atom is 0.200 e. The highest BCUT2D eigenvalue weighted by atomic mass is 35.5. The first-order chi connectivity index (χ1) is 9.45. The minimum absolute atomic E-state index is 0.0448. The molecule has 0 aliphatic heterocycles. The molecule has 0 spiro atoms. The summed E-state index contributed by atoms with van der Waals surface area (Å²) in [6, 6.07) is 7.44. The molecule has 0 bridgehead atoms. The molecule has 0 fully saturated rings. The monoisotopic (exact) mass is 293 g/mol. The number of anilines is 1. The molecule has 0 amide bonds. The Morgan fingerprint density at radius 1 is 1.35 bits per heavy atom. The van der Waals surface area contributed by atoms with Gasteiger partial charge in [-0.3, -0.25) is 4.79 Å². The zero-order valence-electron chi connectivity index (χ0n) is 11.0. The zero-order valence-corrected chi connectivity index (χ0v) is 11.8. The number of ketones is 1. The van der Waals surface area contributed by atoms with Crippen molar-refractivity contribution in [1.82, 2.24) is 0 Å². The molecular formula is C15H13ClFNO2. The predicted molar refractivity (Wildman–Crippen MR) is 77.0 cm³/mol. The molecule has 20 heavy (non-hydrogen) atoms. The number of benzene rings is 2. The summed E-state index contributed by atoms with van der Waals surface area (Å²) in [7, 11) is 1.45. The van der Waals surface area contributed by atoms with Gasteiger partial charge in [0.15, 0.2) is 5.78 Å². The van der Waals surface area contributed by atoms with Gasteiger partial charge in [-0.15, -0.1) is 0 Å². The summed E-state index contributed by atoms with van der Waals surface area (Å²) >= 11 is 5.95. The maximum atomic E-state index is 13.4. The Balaban J connectivity index is 2.61. The predicted octanol–water partition coefficient (Wildman–Crippen LogP) is 3.61. The van der Waals surface area contributed by atoms with Crippen molar-refractivity contribution >= 4 is 23.1 Å². The molecule has 0 unspecified atom stereocenters. The van der Waals surface area contributed by atoms with Crippen molar-refractivity contribution in [3.05, 3.63) is 57.9 Å². The zero-order chi connectivity index (χ0) is 14.9. The summed E-state index contributed by atoms with van der Waals surface area (Å²) in [4.78, 5) is 12.6. The van der Waals surface area contributed by atoms with E-state index in [0.717, 1.165) is 6.07 Å². The van der Waals surface area contributed by atoms with Crippen molar-refractivity contribution in [2.75, 3.05) is 12.8 Å². The lowest BCUT2D eigenvalue weighted by atomic mass is 9.99. The lowest BCUT2D eigenvalue weighted by Gasteiger charge is -2.12. The van der Waals surface area contributed by atoms with Crippen LogP contribution in [0.3, 0.4) is 0 Å². The molecule has 0 saturated carbocycles. The topological polar surface area (TPSA) is 52.3 Å². The quantitative estimate of drug-likeness (QED) is 0.695. The third kappa shape index (κ3) is 2.47. The Hall–Kier alpha value is -2.07. The fourth-order valence-corrected chi connectivity index (χ4v) is 2.16. The van der Waals surface area contributed by atoms with Crippen molar-refractivity contribution in [1.29, 1.82) is 0 Å². The highest BCUT2D eigenvalue weighted by molar-refractivity contribution is 6.35. The molecule has 2 rings (SSSR count). The number of rotatable bonds is 3. The van der Waals surface area contributed by atoms with E-state index in [9.17, 15) is 9.18 Å². The first-order valence-electron chi connectivity index (χ1n) is 5.88. The molecule has 5 heteroatoms. The Morgan fingerprint density at radius 3 is 2.70 bits per heavy atom. The van der Waals surface area contributed by atoms with Gasteiger partial charge in [0.25, 0.3) is 0 Å². The molecule has 0 aromatic heterocycles. The molecule has 2 aromatic rings. The number of aryl methyl sites for hydroxylation is 1. The van der Waals surface area contributed by atoms with Gasteiger partial charge >= 0.3 is 0 Å².